The quantitative estimate of drug-likeness (QED) is 0.548. The Balaban J connectivity index is 2.02. The third-order valence-electron chi connectivity index (χ3n) is 2.27. The summed E-state index contributed by atoms with van der Waals surface area (Å²) in [6.45, 7) is 1.63. The molecule has 0 aliphatic rings. The summed E-state index contributed by atoms with van der Waals surface area (Å²) in [4.78, 5) is 12.6. The van der Waals surface area contributed by atoms with E-state index in [1.54, 1.807) is 11.8 Å². The van der Waals surface area contributed by atoms with Crippen molar-refractivity contribution in [2.24, 2.45) is 0 Å². The van der Waals surface area contributed by atoms with Crippen LogP contribution in [0.2, 0.25) is 0 Å². The number of hydrogen-bond acceptors (Lipinski definition) is 3. The van der Waals surface area contributed by atoms with Gasteiger partial charge in [-0.05, 0) is 32.1 Å². The summed E-state index contributed by atoms with van der Waals surface area (Å²) in [6, 6.07) is 10.2. The molecule has 0 atom stereocenters. The highest BCUT2D eigenvalue weighted by Crippen LogP contribution is 2.15. The number of amides is 1. The summed E-state index contributed by atoms with van der Waals surface area (Å²) in [7, 11) is 1.90. The Labute approximate surface area is 107 Å². The van der Waals surface area contributed by atoms with E-state index < -0.39 is 0 Å². The summed E-state index contributed by atoms with van der Waals surface area (Å²) >= 11 is 1.76. The maximum absolute atomic E-state index is 11.4. The molecule has 0 saturated heterocycles. The normalized spacial score (nSPS) is 10.2. The number of benzene rings is 1. The maximum Gasteiger partial charge on any atom is 0.220 e. The molecule has 2 N–H and O–H groups in total. The summed E-state index contributed by atoms with van der Waals surface area (Å²) < 4.78 is 0. The van der Waals surface area contributed by atoms with Crippen molar-refractivity contribution in [3.8, 4) is 0 Å². The Kier molecular flexibility index (Phi) is 7.51. The topological polar surface area (TPSA) is 41.1 Å². The van der Waals surface area contributed by atoms with Gasteiger partial charge in [0.05, 0.1) is 0 Å². The van der Waals surface area contributed by atoms with Gasteiger partial charge in [0, 0.05) is 23.6 Å². The molecule has 1 amide bonds. The van der Waals surface area contributed by atoms with E-state index in [1.807, 2.05) is 25.2 Å². The van der Waals surface area contributed by atoms with Gasteiger partial charge >= 0.3 is 0 Å². The zero-order valence-corrected chi connectivity index (χ0v) is 11.1. The highest BCUT2D eigenvalue weighted by Gasteiger charge is 1.99. The van der Waals surface area contributed by atoms with Crippen molar-refractivity contribution in [3.63, 3.8) is 0 Å². The monoisotopic (exact) mass is 252 g/mol. The maximum atomic E-state index is 11.4. The van der Waals surface area contributed by atoms with E-state index in [4.69, 9.17) is 0 Å². The van der Waals surface area contributed by atoms with E-state index in [2.05, 4.69) is 22.8 Å². The van der Waals surface area contributed by atoms with E-state index in [0.717, 1.165) is 25.3 Å². The zero-order chi connectivity index (χ0) is 12.3. The molecule has 1 rings (SSSR count). The lowest BCUT2D eigenvalue weighted by Crippen LogP contribution is -2.26. The lowest BCUT2D eigenvalue weighted by atomic mass is 10.3. The van der Waals surface area contributed by atoms with Crippen LogP contribution in [0.4, 0.5) is 0 Å². The molecule has 0 aromatic heterocycles. The van der Waals surface area contributed by atoms with Crippen LogP contribution >= 0.6 is 11.8 Å². The molecule has 0 unspecified atom stereocenters. The lowest BCUT2D eigenvalue weighted by Gasteiger charge is -2.05. The van der Waals surface area contributed by atoms with Crippen LogP contribution in [0.1, 0.15) is 12.8 Å². The third kappa shape index (κ3) is 7.02. The number of carbonyl (C=O) groups is 1. The van der Waals surface area contributed by atoms with Crippen LogP contribution in [-0.4, -0.2) is 31.8 Å². The van der Waals surface area contributed by atoms with Crippen molar-refractivity contribution in [2.75, 3.05) is 25.9 Å². The molecule has 3 nitrogen and oxygen atoms in total. The highest BCUT2D eigenvalue weighted by molar-refractivity contribution is 7.99. The summed E-state index contributed by atoms with van der Waals surface area (Å²) in [6.07, 6.45) is 1.50. The molecule has 0 bridgehead atoms. The fourth-order valence-electron chi connectivity index (χ4n) is 1.39. The standard InChI is InChI=1S/C13H20N2OS/c1-14-9-5-8-13(16)15-10-11-17-12-6-3-2-4-7-12/h2-4,6-7,14H,5,8-11H2,1H3,(H,15,16). The van der Waals surface area contributed by atoms with Gasteiger partial charge in [0.25, 0.3) is 0 Å². The molecule has 4 heteroatoms. The first-order chi connectivity index (χ1) is 8.33. The van der Waals surface area contributed by atoms with Gasteiger partial charge in [-0.15, -0.1) is 11.8 Å². The fraction of sp³-hybridized carbons (Fsp3) is 0.462. The first kappa shape index (κ1) is 14.1. The Morgan fingerprint density at radius 3 is 2.71 bits per heavy atom. The summed E-state index contributed by atoms with van der Waals surface area (Å²) in [5.41, 5.74) is 0. The number of thioether (sulfide) groups is 1. The van der Waals surface area contributed by atoms with Gasteiger partial charge in [-0.25, -0.2) is 0 Å². The van der Waals surface area contributed by atoms with Crippen LogP contribution < -0.4 is 10.6 Å². The highest BCUT2D eigenvalue weighted by atomic mass is 32.2. The molecule has 0 radical (unpaired) electrons. The van der Waals surface area contributed by atoms with Gasteiger partial charge in [-0.2, -0.15) is 0 Å². The van der Waals surface area contributed by atoms with Crippen molar-refractivity contribution in [3.05, 3.63) is 30.3 Å². The van der Waals surface area contributed by atoms with E-state index in [9.17, 15) is 4.79 Å². The molecule has 0 heterocycles. The second-order valence-electron chi connectivity index (χ2n) is 3.72. The van der Waals surface area contributed by atoms with Crippen molar-refractivity contribution < 1.29 is 4.79 Å². The van der Waals surface area contributed by atoms with E-state index in [0.29, 0.717) is 6.42 Å². The number of carbonyl (C=O) groups excluding carboxylic acids is 1. The summed E-state index contributed by atoms with van der Waals surface area (Å²) in [5, 5.41) is 5.95. The van der Waals surface area contributed by atoms with Gasteiger partial charge in [-0.1, -0.05) is 18.2 Å². The minimum atomic E-state index is 0.147. The number of hydrogen-bond donors (Lipinski definition) is 2. The summed E-state index contributed by atoms with van der Waals surface area (Å²) in [5.74, 6) is 1.07. The van der Waals surface area contributed by atoms with Crippen LogP contribution in [0.25, 0.3) is 0 Å². The van der Waals surface area contributed by atoms with Crippen molar-refractivity contribution in [2.45, 2.75) is 17.7 Å². The molecule has 1 aromatic rings. The van der Waals surface area contributed by atoms with Gasteiger partial charge in [0.1, 0.15) is 0 Å². The van der Waals surface area contributed by atoms with Crippen molar-refractivity contribution in [1.29, 1.82) is 0 Å². The van der Waals surface area contributed by atoms with Crippen LogP contribution in [-0.2, 0) is 4.79 Å². The minimum absolute atomic E-state index is 0.147. The van der Waals surface area contributed by atoms with E-state index >= 15 is 0 Å². The Hall–Kier alpha value is -1.00. The molecule has 0 aliphatic heterocycles. The first-order valence-electron chi connectivity index (χ1n) is 5.92. The van der Waals surface area contributed by atoms with Gasteiger partial charge in [0.2, 0.25) is 5.91 Å². The van der Waals surface area contributed by atoms with Crippen molar-refractivity contribution >= 4 is 17.7 Å². The molecular weight excluding hydrogens is 232 g/mol. The third-order valence-corrected chi connectivity index (χ3v) is 3.28. The molecule has 17 heavy (non-hydrogen) atoms. The zero-order valence-electron chi connectivity index (χ0n) is 10.2. The second kappa shape index (κ2) is 9.07. The average Bonchev–Trinajstić information content (AvgIpc) is 2.36. The number of rotatable bonds is 8. The van der Waals surface area contributed by atoms with Crippen LogP contribution in [0, 0.1) is 0 Å². The minimum Gasteiger partial charge on any atom is -0.355 e. The van der Waals surface area contributed by atoms with E-state index in [-0.39, 0.29) is 5.91 Å². The van der Waals surface area contributed by atoms with Crippen LogP contribution in [0.5, 0.6) is 0 Å². The molecule has 0 saturated carbocycles. The molecule has 0 fully saturated rings. The average molecular weight is 252 g/mol. The molecular formula is C13H20N2OS. The number of nitrogens with one attached hydrogen (secondary N) is 2. The lowest BCUT2D eigenvalue weighted by molar-refractivity contribution is -0.121. The van der Waals surface area contributed by atoms with Gasteiger partial charge in [-0.3, -0.25) is 4.79 Å². The molecule has 1 aromatic carbocycles. The van der Waals surface area contributed by atoms with E-state index in [1.165, 1.54) is 4.90 Å². The second-order valence-corrected chi connectivity index (χ2v) is 4.89. The smallest absolute Gasteiger partial charge is 0.220 e. The predicted octanol–water partition coefficient (Wildman–Crippen LogP) is 1.89. The predicted molar refractivity (Wildman–Crippen MR) is 73.3 cm³/mol. The van der Waals surface area contributed by atoms with Gasteiger partial charge in [0.15, 0.2) is 0 Å². The largest absolute Gasteiger partial charge is 0.355 e. The molecule has 0 spiro atoms. The van der Waals surface area contributed by atoms with Crippen LogP contribution in [0.15, 0.2) is 35.2 Å². The van der Waals surface area contributed by atoms with Gasteiger partial charge < -0.3 is 10.6 Å². The Morgan fingerprint density at radius 1 is 1.24 bits per heavy atom. The Bertz CT molecular complexity index is 316. The Morgan fingerprint density at radius 2 is 2.00 bits per heavy atom. The first-order valence-corrected chi connectivity index (χ1v) is 6.90. The van der Waals surface area contributed by atoms with Crippen molar-refractivity contribution in [1.82, 2.24) is 10.6 Å². The SMILES string of the molecule is CNCCCC(=O)NCCSc1ccccc1. The molecule has 94 valence electrons. The fourth-order valence-corrected chi connectivity index (χ4v) is 2.18. The molecule has 0 aliphatic carbocycles. The van der Waals surface area contributed by atoms with Crippen LogP contribution in [0.3, 0.4) is 0 Å².